The molecular formula is C51H35N. The average molecular weight is 662 g/mol. The highest BCUT2D eigenvalue weighted by Crippen LogP contribution is 2.44. The van der Waals surface area contributed by atoms with Gasteiger partial charge in [-0.05, 0) is 103 Å². The third kappa shape index (κ3) is 4.93. The summed E-state index contributed by atoms with van der Waals surface area (Å²) < 4.78 is 2.41. The highest BCUT2D eigenvalue weighted by molar-refractivity contribution is 6.21. The van der Waals surface area contributed by atoms with E-state index in [4.69, 9.17) is 0 Å². The fourth-order valence-electron chi connectivity index (χ4n) is 8.16. The molecule has 0 fully saturated rings. The first-order valence-electron chi connectivity index (χ1n) is 18.0. The first kappa shape index (κ1) is 30.2. The number of hydrogen-bond acceptors (Lipinski definition) is 0. The zero-order chi connectivity index (χ0) is 34.6. The second-order valence-corrected chi connectivity index (χ2v) is 13.8. The quantitative estimate of drug-likeness (QED) is 0.162. The van der Waals surface area contributed by atoms with Gasteiger partial charge in [-0.1, -0.05) is 169 Å². The van der Waals surface area contributed by atoms with Crippen molar-refractivity contribution in [3.05, 3.63) is 200 Å². The molecule has 0 unspecified atom stereocenters. The predicted molar refractivity (Wildman–Crippen MR) is 222 cm³/mol. The van der Waals surface area contributed by atoms with Crippen molar-refractivity contribution >= 4 is 43.4 Å². The van der Waals surface area contributed by atoms with Gasteiger partial charge in [-0.3, -0.25) is 0 Å². The van der Waals surface area contributed by atoms with Gasteiger partial charge < -0.3 is 4.57 Å². The van der Waals surface area contributed by atoms with E-state index >= 15 is 0 Å². The molecule has 9 aromatic carbocycles. The molecule has 0 saturated heterocycles. The minimum absolute atomic E-state index is 1.15. The van der Waals surface area contributed by atoms with Crippen LogP contribution < -0.4 is 0 Å². The van der Waals surface area contributed by atoms with Gasteiger partial charge in [0.2, 0.25) is 0 Å². The van der Waals surface area contributed by atoms with Crippen LogP contribution >= 0.6 is 0 Å². The van der Waals surface area contributed by atoms with Crippen molar-refractivity contribution in [1.82, 2.24) is 4.57 Å². The van der Waals surface area contributed by atoms with Crippen LogP contribution in [-0.2, 0) is 0 Å². The lowest BCUT2D eigenvalue weighted by Crippen LogP contribution is -1.94. The highest BCUT2D eigenvalue weighted by Gasteiger charge is 2.18. The summed E-state index contributed by atoms with van der Waals surface area (Å²) in [7, 11) is 0. The predicted octanol–water partition coefficient (Wildman–Crippen LogP) is 14.1. The lowest BCUT2D eigenvalue weighted by Gasteiger charge is -2.18. The van der Waals surface area contributed by atoms with E-state index in [-0.39, 0.29) is 0 Å². The van der Waals surface area contributed by atoms with Crippen molar-refractivity contribution in [1.29, 1.82) is 0 Å². The molecule has 0 aliphatic carbocycles. The van der Waals surface area contributed by atoms with Gasteiger partial charge in [0.25, 0.3) is 0 Å². The molecule has 0 spiro atoms. The number of aryl methyl sites for hydroxylation is 1. The lowest BCUT2D eigenvalue weighted by molar-refractivity contribution is 1.18. The maximum absolute atomic E-state index is 2.41. The molecule has 1 aromatic heterocycles. The van der Waals surface area contributed by atoms with Gasteiger partial charge in [-0.25, -0.2) is 0 Å². The standard InChI is InChI=1S/C51H35N/c1-34-19-21-38(22-20-34)50-43-14-5-7-16-45(43)51(46-17-8-6-15-44(46)50)39-27-30-41(31-28-39)52-48-18-10-9-13-42(48)47-33-40(29-32-49(47)52)37-25-23-36(24-26-37)35-11-3-2-4-12-35/h2-33H,1H3. The molecule has 0 aliphatic rings. The Labute approximate surface area is 303 Å². The molecule has 0 aliphatic heterocycles. The van der Waals surface area contributed by atoms with Crippen molar-refractivity contribution in [3.63, 3.8) is 0 Å². The molecule has 244 valence electrons. The van der Waals surface area contributed by atoms with Crippen LogP contribution in [0.3, 0.4) is 0 Å². The minimum Gasteiger partial charge on any atom is -0.309 e. The minimum atomic E-state index is 1.15. The molecule has 0 atom stereocenters. The molecule has 10 aromatic rings. The van der Waals surface area contributed by atoms with Gasteiger partial charge in [0.05, 0.1) is 11.0 Å². The molecule has 10 rings (SSSR count). The number of nitrogens with zero attached hydrogens (tertiary/aromatic N) is 1. The highest BCUT2D eigenvalue weighted by atomic mass is 15.0. The monoisotopic (exact) mass is 661 g/mol. The number of aromatic nitrogens is 1. The molecule has 0 saturated carbocycles. The Balaban J connectivity index is 1.09. The number of benzene rings is 9. The third-order valence-electron chi connectivity index (χ3n) is 10.7. The summed E-state index contributed by atoms with van der Waals surface area (Å²) in [6.07, 6.45) is 0. The van der Waals surface area contributed by atoms with Crippen molar-refractivity contribution in [3.8, 4) is 50.2 Å². The van der Waals surface area contributed by atoms with Crippen LogP contribution in [0.4, 0.5) is 0 Å². The maximum Gasteiger partial charge on any atom is 0.0541 e. The summed E-state index contributed by atoms with van der Waals surface area (Å²) in [5.74, 6) is 0. The third-order valence-corrected chi connectivity index (χ3v) is 10.7. The Hall–Kier alpha value is -6.70. The van der Waals surface area contributed by atoms with Crippen molar-refractivity contribution in [2.24, 2.45) is 0 Å². The Morgan fingerprint density at radius 2 is 0.692 bits per heavy atom. The van der Waals surface area contributed by atoms with E-state index in [1.54, 1.807) is 0 Å². The van der Waals surface area contributed by atoms with Crippen LogP contribution in [0.15, 0.2) is 194 Å². The number of hydrogen-bond donors (Lipinski definition) is 0. The Kier molecular flexibility index (Phi) is 7.11. The SMILES string of the molecule is Cc1ccc(-c2c3ccccc3c(-c3ccc(-n4c5ccccc5c5cc(-c6ccc(-c7ccccc7)cc6)ccc54)cc3)c3ccccc23)cc1. The van der Waals surface area contributed by atoms with Crippen molar-refractivity contribution < 1.29 is 0 Å². The summed E-state index contributed by atoms with van der Waals surface area (Å²) in [6, 6.07) is 71.1. The number of para-hydroxylation sites is 1. The first-order chi connectivity index (χ1) is 25.7. The summed E-state index contributed by atoms with van der Waals surface area (Å²) >= 11 is 0. The molecule has 1 heteroatoms. The normalized spacial score (nSPS) is 11.6. The van der Waals surface area contributed by atoms with E-state index < -0.39 is 0 Å². The van der Waals surface area contributed by atoms with E-state index in [0.29, 0.717) is 0 Å². The lowest BCUT2D eigenvalue weighted by atomic mass is 9.86. The molecule has 0 radical (unpaired) electrons. The number of fused-ring (bicyclic) bond motifs is 5. The molecule has 1 nitrogen and oxygen atoms in total. The van der Waals surface area contributed by atoms with Gasteiger partial charge >= 0.3 is 0 Å². The zero-order valence-corrected chi connectivity index (χ0v) is 28.9. The van der Waals surface area contributed by atoms with Crippen LogP contribution in [0.2, 0.25) is 0 Å². The van der Waals surface area contributed by atoms with Crippen LogP contribution in [0.25, 0.3) is 93.5 Å². The van der Waals surface area contributed by atoms with Crippen LogP contribution in [0.5, 0.6) is 0 Å². The molecule has 0 N–H and O–H groups in total. The average Bonchev–Trinajstić information content (AvgIpc) is 3.54. The van der Waals surface area contributed by atoms with Gasteiger partial charge in [0.15, 0.2) is 0 Å². The smallest absolute Gasteiger partial charge is 0.0541 e. The molecule has 0 amide bonds. The van der Waals surface area contributed by atoms with E-state index in [0.717, 1.165) is 5.69 Å². The Morgan fingerprint density at radius 3 is 1.27 bits per heavy atom. The molecule has 1 heterocycles. The maximum atomic E-state index is 2.41. The second kappa shape index (κ2) is 12.3. The Bertz CT molecular complexity index is 2850. The summed E-state index contributed by atoms with van der Waals surface area (Å²) in [5, 5.41) is 7.60. The second-order valence-electron chi connectivity index (χ2n) is 13.8. The van der Waals surface area contributed by atoms with E-state index in [2.05, 4.69) is 206 Å². The topological polar surface area (TPSA) is 4.93 Å². The van der Waals surface area contributed by atoms with E-state index in [9.17, 15) is 0 Å². The summed E-state index contributed by atoms with van der Waals surface area (Å²) in [5.41, 5.74) is 14.8. The van der Waals surface area contributed by atoms with Crippen LogP contribution in [-0.4, -0.2) is 4.57 Å². The number of rotatable bonds is 5. The Morgan fingerprint density at radius 1 is 0.288 bits per heavy atom. The van der Waals surface area contributed by atoms with Crippen molar-refractivity contribution in [2.45, 2.75) is 6.92 Å². The van der Waals surface area contributed by atoms with Gasteiger partial charge in [-0.15, -0.1) is 0 Å². The largest absolute Gasteiger partial charge is 0.309 e. The van der Waals surface area contributed by atoms with E-state index in [1.807, 2.05) is 0 Å². The van der Waals surface area contributed by atoms with Crippen molar-refractivity contribution in [2.75, 3.05) is 0 Å². The summed E-state index contributed by atoms with van der Waals surface area (Å²) in [4.78, 5) is 0. The van der Waals surface area contributed by atoms with Crippen LogP contribution in [0.1, 0.15) is 5.56 Å². The zero-order valence-electron chi connectivity index (χ0n) is 28.9. The van der Waals surface area contributed by atoms with Crippen LogP contribution in [0, 0.1) is 6.92 Å². The first-order valence-corrected chi connectivity index (χ1v) is 18.0. The summed E-state index contributed by atoms with van der Waals surface area (Å²) in [6.45, 7) is 2.15. The fraction of sp³-hybridized carbons (Fsp3) is 0.0196. The molecule has 0 bridgehead atoms. The molecular weight excluding hydrogens is 627 g/mol. The van der Waals surface area contributed by atoms with Gasteiger partial charge in [0, 0.05) is 16.5 Å². The molecule has 52 heavy (non-hydrogen) atoms. The van der Waals surface area contributed by atoms with Gasteiger partial charge in [-0.2, -0.15) is 0 Å². The van der Waals surface area contributed by atoms with Gasteiger partial charge in [0.1, 0.15) is 0 Å². The van der Waals surface area contributed by atoms with E-state index in [1.165, 1.54) is 93.4 Å². The fourth-order valence-corrected chi connectivity index (χ4v) is 8.16.